The van der Waals surface area contributed by atoms with Crippen molar-refractivity contribution in [1.29, 1.82) is 0 Å². The van der Waals surface area contributed by atoms with Gasteiger partial charge in [0, 0.05) is 18.0 Å². The van der Waals surface area contributed by atoms with Crippen LogP contribution in [-0.2, 0) is 16.0 Å². The van der Waals surface area contributed by atoms with Crippen LogP contribution in [0.1, 0.15) is 43.4 Å². The predicted octanol–water partition coefficient (Wildman–Crippen LogP) is 2.81. The Morgan fingerprint density at radius 1 is 1.31 bits per heavy atom. The molecule has 2 aromatic heterocycles. The Kier molecular flexibility index (Phi) is 8.66. The molecule has 0 radical (unpaired) electrons. The average Bonchev–Trinajstić information content (AvgIpc) is 3.31. The summed E-state index contributed by atoms with van der Waals surface area (Å²) in [5.74, 6) is -0.0944. The molecule has 0 fully saturated rings. The van der Waals surface area contributed by atoms with Crippen molar-refractivity contribution in [3.05, 3.63) is 35.2 Å². The van der Waals surface area contributed by atoms with Crippen LogP contribution in [0.15, 0.2) is 28.2 Å². The molecule has 3 amide bonds. The molecule has 0 saturated carbocycles. The molecule has 158 valence electrons. The van der Waals surface area contributed by atoms with Gasteiger partial charge in [-0.15, -0.1) is 11.3 Å². The molecule has 1 atom stereocenters. The zero-order chi connectivity index (χ0) is 21.2. The number of furan rings is 1. The van der Waals surface area contributed by atoms with E-state index in [2.05, 4.69) is 20.9 Å². The van der Waals surface area contributed by atoms with Gasteiger partial charge < -0.3 is 19.8 Å². The second kappa shape index (κ2) is 11.2. The summed E-state index contributed by atoms with van der Waals surface area (Å²) in [4.78, 5) is 40.1. The standard InChI is InChI=1S/C19H26N4O5S/c1-4-27-19(26)22-13(8-12(2)3)10-20-16(24)9-14-11-29-18(21-14)23-17(25)15-6-5-7-28-15/h5-7,11-13H,4,8-10H2,1-3H3,(H,20,24)(H,22,26)(H,21,23,25). The van der Waals surface area contributed by atoms with Gasteiger partial charge in [0.2, 0.25) is 5.91 Å². The fourth-order valence-corrected chi connectivity index (χ4v) is 3.28. The Hall–Kier alpha value is -2.88. The number of ether oxygens (including phenoxy) is 1. The van der Waals surface area contributed by atoms with Crippen LogP contribution in [-0.4, -0.2) is 42.1 Å². The second-order valence-electron chi connectivity index (χ2n) is 6.75. The van der Waals surface area contributed by atoms with Crippen molar-refractivity contribution < 1.29 is 23.5 Å². The molecule has 3 N–H and O–H groups in total. The van der Waals surface area contributed by atoms with Gasteiger partial charge in [0.15, 0.2) is 10.9 Å². The zero-order valence-corrected chi connectivity index (χ0v) is 17.5. The average molecular weight is 423 g/mol. The molecule has 0 aliphatic rings. The maximum absolute atomic E-state index is 12.2. The van der Waals surface area contributed by atoms with E-state index in [0.717, 1.165) is 0 Å². The maximum Gasteiger partial charge on any atom is 0.407 e. The fraction of sp³-hybridized carbons (Fsp3) is 0.474. The molecule has 0 spiro atoms. The highest BCUT2D eigenvalue weighted by atomic mass is 32.1. The van der Waals surface area contributed by atoms with Gasteiger partial charge in [-0.2, -0.15) is 0 Å². The monoisotopic (exact) mass is 422 g/mol. The van der Waals surface area contributed by atoms with Crippen LogP contribution < -0.4 is 16.0 Å². The van der Waals surface area contributed by atoms with Gasteiger partial charge in [-0.1, -0.05) is 13.8 Å². The van der Waals surface area contributed by atoms with Gasteiger partial charge in [-0.05, 0) is 31.4 Å². The lowest BCUT2D eigenvalue weighted by Gasteiger charge is -2.20. The summed E-state index contributed by atoms with van der Waals surface area (Å²) < 4.78 is 9.93. The highest BCUT2D eigenvalue weighted by Gasteiger charge is 2.17. The van der Waals surface area contributed by atoms with Gasteiger partial charge in [0.25, 0.3) is 5.91 Å². The van der Waals surface area contributed by atoms with E-state index in [1.54, 1.807) is 24.4 Å². The lowest BCUT2D eigenvalue weighted by Crippen LogP contribution is -2.44. The first-order valence-corrected chi connectivity index (χ1v) is 10.2. The molecule has 2 rings (SSSR count). The van der Waals surface area contributed by atoms with Crippen molar-refractivity contribution >= 4 is 34.4 Å². The van der Waals surface area contributed by atoms with E-state index in [-0.39, 0.29) is 30.7 Å². The summed E-state index contributed by atoms with van der Waals surface area (Å²) in [5, 5.41) is 10.3. The Labute approximate surface area is 173 Å². The van der Waals surface area contributed by atoms with Crippen molar-refractivity contribution in [3.63, 3.8) is 0 Å². The summed E-state index contributed by atoms with van der Waals surface area (Å²) >= 11 is 1.23. The molecule has 2 aromatic rings. The van der Waals surface area contributed by atoms with E-state index in [1.165, 1.54) is 17.6 Å². The fourth-order valence-electron chi connectivity index (χ4n) is 2.58. The molecule has 10 heteroatoms. The topological polar surface area (TPSA) is 123 Å². The third-order valence-electron chi connectivity index (χ3n) is 3.76. The van der Waals surface area contributed by atoms with Crippen molar-refractivity contribution in [2.45, 2.75) is 39.7 Å². The van der Waals surface area contributed by atoms with Gasteiger partial charge in [0.05, 0.1) is 25.0 Å². The van der Waals surface area contributed by atoms with Crippen molar-refractivity contribution in [2.24, 2.45) is 5.92 Å². The minimum atomic E-state index is -0.496. The zero-order valence-electron chi connectivity index (χ0n) is 16.7. The maximum atomic E-state index is 12.2. The number of aromatic nitrogens is 1. The number of nitrogens with zero attached hydrogens (tertiary/aromatic N) is 1. The molecule has 1 unspecified atom stereocenters. The van der Waals surface area contributed by atoms with E-state index in [0.29, 0.717) is 29.7 Å². The van der Waals surface area contributed by atoms with Crippen LogP contribution in [0, 0.1) is 5.92 Å². The molecule has 0 aromatic carbocycles. The van der Waals surface area contributed by atoms with Crippen LogP contribution in [0.5, 0.6) is 0 Å². The summed E-state index contributed by atoms with van der Waals surface area (Å²) in [6.45, 7) is 6.39. The number of hydrogen-bond acceptors (Lipinski definition) is 7. The molecule has 9 nitrogen and oxygen atoms in total. The van der Waals surface area contributed by atoms with Gasteiger partial charge >= 0.3 is 6.09 Å². The van der Waals surface area contributed by atoms with Crippen molar-refractivity contribution in [2.75, 3.05) is 18.5 Å². The molecule has 0 aliphatic carbocycles. The normalized spacial score (nSPS) is 11.7. The smallest absolute Gasteiger partial charge is 0.407 e. The van der Waals surface area contributed by atoms with Crippen LogP contribution in [0.4, 0.5) is 9.93 Å². The number of thiazole rings is 1. The van der Waals surface area contributed by atoms with E-state index in [1.807, 2.05) is 13.8 Å². The SMILES string of the molecule is CCOC(=O)NC(CNC(=O)Cc1csc(NC(=O)c2ccco2)n1)CC(C)C. The van der Waals surface area contributed by atoms with Crippen LogP contribution in [0.25, 0.3) is 0 Å². The van der Waals surface area contributed by atoms with Gasteiger partial charge in [0.1, 0.15) is 0 Å². The number of rotatable bonds is 10. The predicted molar refractivity (Wildman–Crippen MR) is 109 cm³/mol. The van der Waals surface area contributed by atoms with E-state index >= 15 is 0 Å². The molecular formula is C19H26N4O5S. The molecule has 29 heavy (non-hydrogen) atoms. The number of carbonyl (C=O) groups is 3. The lowest BCUT2D eigenvalue weighted by molar-refractivity contribution is -0.120. The van der Waals surface area contributed by atoms with E-state index in [4.69, 9.17) is 9.15 Å². The van der Waals surface area contributed by atoms with Gasteiger partial charge in [-0.25, -0.2) is 9.78 Å². The Balaban J connectivity index is 1.82. The summed E-state index contributed by atoms with van der Waals surface area (Å²) in [5.41, 5.74) is 0.543. The Morgan fingerprint density at radius 2 is 2.10 bits per heavy atom. The van der Waals surface area contributed by atoms with Crippen LogP contribution >= 0.6 is 11.3 Å². The summed E-state index contributed by atoms with van der Waals surface area (Å²) in [6.07, 6.45) is 1.69. The number of alkyl carbamates (subject to hydrolysis) is 1. The second-order valence-corrected chi connectivity index (χ2v) is 7.61. The molecule has 0 bridgehead atoms. The van der Waals surface area contributed by atoms with Gasteiger partial charge in [-0.3, -0.25) is 14.9 Å². The van der Waals surface area contributed by atoms with Crippen LogP contribution in [0.3, 0.4) is 0 Å². The first kappa shape index (κ1) is 22.4. The third-order valence-corrected chi connectivity index (χ3v) is 4.56. The lowest BCUT2D eigenvalue weighted by atomic mass is 10.0. The largest absolute Gasteiger partial charge is 0.459 e. The summed E-state index contributed by atoms with van der Waals surface area (Å²) in [7, 11) is 0. The van der Waals surface area contributed by atoms with E-state index < -0.39 is 12.0 Å². The molecule has 0 aliphatic heterocycles. The number of carbonyl (C=O) groups excluding carboxylic acids is 3. The minimum absolute atomic E-state index is 0.0704. The number of anilines is 1. The number of nitrogens with one attached hydrogen (secondary N) is 3. The molecular weight excluding hydrogens is 396 g/mol. The third kappa shape index (κ3) is 7.94. The first-order valence-electron chi connectivity index (χ1n) is 9.36. The number of amides is 3. The summed E-state index contributed by atoms with van der Waals surface area (Å²) in [6, 6.07) is 2.95. The first-order chi connectivity index (χ1) is 13.9. The Morgan fingerprint density at radius 3 is 2.76 bits per heavy atom. The van der Waals surface area contributed by atoms with E-state index in [9.17, 15) is 14.4 Å². The molecule has 0 saturated heterocycles. The van der Waals surface area contributed by atoms with Crippen LogP contribution in [0.2, 0.25) is 0 Å². The Bertz CT molecular complexity index is 803. The number of hydrogen-bond donors (Lipinski definition) is 3. The van der Waals surface area contributed by atoms with Crippen molar-refractivity contribution in [1.82, 2.24) is 15.6 Å². The molecule has 2 heterocycles. The minimum Gasteiger partial charge on any atom is -0.459 e. The highest BCUT2D eigenvalue weighted by molar-refractivity contribution is 7.14. The highest BCUT2D eigenvalue weighted by Crippen LogP contribution is 2.17. The van der Waals surface area contributed by atoms with Crippen molar-refractivity contribution in [3.8, 4) is 0 Å². The quantitative estimate of drug-likeness (QED) is 0.541.